The molecule has 0 N–H and O–H groups in total. The summed E-state index contributed by atoms with van der Waals surface area (Å²) in [5.74, 6) is 0.476. The van der Waals surface area contributed by atoms with Gasteiger partial charge in [0.15, 0.2) is 15.0 Å². The lowest BCUT2D eigenvalue weighted by Gasteiger charge is -2.15. The van der Waals surface area contributed by atoms with Crippen molar-refractivity contribution in [2.75, 3.05) is 11.5 Å². The van der Waals surface area contributed by atoms with Crippen LogP contribution in [0.4, 0.5) is 0 Å². The van der Waals surface area contributed by atoms with Crippen LogP contribution in [0.3, 0.4) is 0 Å². The maximum Gasteiger partial charge on any atom is 0.257 e. The van der Waals surface area contributed by atoms with Crippen LogP contribution in [-0.2, 0) is 16.3 Å². The van der Waals surface area contributed by atoms with E-state index in [1.165, 1.54) is 11.8 Å². The van der Waals surface area contributed by atoms with E-state index in [0.29, 0.717) is 27.8 Å². The zero-order chi connectivity index (χ0) is 17.5. The lowest BCUT2D eigenvalue weighted by Crippen LogP contribution is -2.31. The Bertz CT molecular complexity index is 932. The van der Waals surface area contributed by atoms with Crippen LogP contribution < -0.4 is 5.56 Å². The predicted molar refractivity (Wildman–Crippen MR) is 95.6 cm³/mol. The molecule has 0 saturated heterocycles. The first-order chi connectivity index (χ1) is 11.3. The zero-order valence-electron chi connectivity index (χ0n) is 13.9. The average molecular weight is 364 g/mol. The smallest absolute Gasteiger partial charge is 0.257 e. The molecule has 0 aliphatic carbocycles. The minimum atomic E-state index is -3.45. The summed E-state index contributed by atoms with van der Waals surface area (Å²) in [6.07, 6.45) is 0.597. The van der Waals surface area contributed by atoms with Gasteiger partial charge in [-0.05, 0) is 32.4 Å². The number of thioether (sulfide) groups is 1. The second kappa shape index (κ2) is 6.37. The summed E-state index contributed by atoms with van der Waals surface area (Å²) in [5, 5.41) is 0.624. The minimum absolute atomic E-state index is 0.0795. The highest BCUT2D eigenvalue weighted by Crippen LogP contribution is 2.32. The van der Waals surface area contributed by atoms with Gasteiger partial charge in [-0.1, -0.05) is 36.4 Å². The standard InChI is InChI=1S/C17H20N2O3S2/c1-4-15-12(3)18-17-19(16(15)20)13(9-23-17)10-24(21,22)14-7-5-11(2)6-8-14/h5-8,13H,4,9-10H2,1-3H3. The van der Waals surface area contributed by atoms with Crippen molar-refractivity contribution in [3.63, 3.8) is 0 Å². The molecule has 2 aromatic rings. The third-order valence-corrected chi connectivity index (χ3v) is 7.21. The monoisotopic (exact) mass is 364 g/mol. The summed E-state index contributed by atoms with van der Waals surface area (Å²) in [5.41, 5.74) is 2.32. The topological polar surface area (TPSA) is 69.0 Å². The molecule has 0 amide bonds. The zero-order valence-corrected chi connectivity index (χ0v) is 15.6. The van der Waals surface area contributed by atoms with E-state index in [2.05, 4.69) is 4.98 Å². The van der Waals surface area contributed by atoms with E-state index in [4.69, 9.17) is 0 Å². The molecule has 1 aliphatic heterocycles. The summed E-state index contributed by atoms with van der Waals surface area (Å²) in [4.78, 5) is 17.5. The number of aromatic nitrogens is 2. The molecule has 3 rings (SSSR count). The number of aryl methyl sites for hydroxylation is 2. The van der Waals surface area contributed by atoms with Crippen molar-refractivity contribution in [2.45, 2.75) is 43.3 Å². The van der Waals surface area contributed by atoms with E-state index >= 15 is 0 Å². The summed E-state index contributed by atoms with van der Waals surface area (Å²) in [6.45, 7) is 5.66. The van der Waals surface area contributed by atoms with Crippen LogP contribution in [0.25, 0.3) is 0 Å². The number of benzene rings is 1. The Morgan fingerprint density at radius 2 is 1.92 bits per heavy atom. The van der Waals surface area contributed by atoms with E-state index < -0.39 is 9.84 Å². The Hall–Kier alpha value is -1.60. The fourth-order valence-electron chi connectivity index (χ4n) is 2.95. The van der Waals surface area contributed by atoms with Crippen LogP contribution in [0, 0.1) is 13.8 Å². The van der Waals surface area contributed by atoms with Crippen LogP contribution >= 0.6 is 11.8 Å². The van der Waals surface area contributed by atoms with Gasteiger partial charge in [0, 0.05) is 17.0 Å². The van der Waals surface area contributed by atoms with Crippen molar-refractivity contribution in [3.05, 3.63) is 51.4 Å². The molecule has 1 aliphatic rings. The number of rotatable bonds is 4. The first-order valence-electron chi connectivity index (χ1n) is 7.87. The normalized spacial score (nSPS) is 17.0. The quantitative estimate of drug-likeness (QED) is 0.780. The van der Waals surface area contributed by atoms with E-state index in [1.54, 1.807) is 28.8 Å². The summed E-state index contributed by atoms with van der Waals surface area (Å²) in [7, 11) is -3.45. The van der Waals surface area contributed by atoms with Crippen LogP contribution in [0.1, 0.15) is 29.8 Å². The summed E-state index contributed by atoms with van der Waals surface area (Å²) in [6, 6.07) is 6.46. The first-order valence-corrected chi connectivity index (χ1v) is 10.5. The second-order valence-corrected chi connectivity index (χ2v) is 9.07. The van der Waals surface area contributed by atoms with E-state index in [9.17, 15) is 13.2 Å². The first kappa shape index (κ1) is 17.2. The van der Waals surface area contributed by atoms with Gasteiger partial charge >= 0.3 is 0 Å². The van der Waals surface area contributed by atoms with Gasteiger partial charge in [0.2, 0.25) is 0 Å². The maximum absolute atomic E-state index is 12.7. The average Bonchev–Trinajstić information content (AvgIpc) is 2.90. The molecule has 1 aromatic carbocycles. The Morgan fingerprint density at radius 1 is 1.25 bits per heavy atom. The van der Waals surface area contributed by atoms with Crippen LogP contribution in [0.5, 0.6) is 0 Å². The van der Waals surface area contributed by atoms with Gasteiger partial charge in [0.1, 0.15) is 0 Å². The van der Waals surface area contributed by atoms with Crippen LogP contribution in [0.15, 0.2) is 39.1 Å². The van der Waals surface area contributed by atoms with Crippen molar-refractivity contribution in [1.82, 2.24) is 9.55 Å². The third-order valence-electron chi connectivity index (χ3n) is 4.30. The molecule has 1 atom stereocenters. The van der Waals surface area contributed by atoms with Gasteiger partial charge in [-0.2, -0.15) is 0 Å². The van der Waals surface area contributed by atoms with Crippen molar-refractivity contribution >= 4 is 21.6 Å². The molecule has 0 saturated carbocycles. The van der Waals surface area contributed by atoms with E-state index in [1.807, 2.05) is 20.8 Å². The molecule has 7 heteroatoms. The molecule has 0 spiro atoms. The molecule has 0 fully saturated rings. The molecule has 0 radical (unpaired) electrons. The summed E-state index contributed by atoms with van der Waals surface area (Å²) < 4.78 is 27.0. The Balaban J connectivity index is 1.97. The van der Waals surface area contributed by atoms with Crippen LogP contribution in [-0.4, -0.2) is 29.5 Å². The maximum atomic E-state index is 12.7. The number of nitrogens with zero attached hydrogens (tertiary/aromatic N) is 2. The van der Waals surface area contributed by atoms with Gasteiger partial charge in [-0.3, -0.25) is 9.36 Å². The number of hydrogen-bond donors (Lipinski definition) is 0. The second-order valence-electron chi connectivity index (χ2n) is 6.05. The molecule has 24 heavy (non-hydrogen) atoms. The highest BCUT2D eigenvalue weighted by molar-refractivity contribution is 7.99. The number of fused-ring (bicyclic) bond motifs is 1. The van der Waals surface area contributed by atoms with Gasteiger partial charge in [0.05, 0.1) is 16.7 Å². The van der Waals surface area contributed by atoms with Crippen molar-refractivity contribution < 1.29 is 8.42 Å². The van der Waals surface area contributed by atoms with Gasteiger partial charge < -0.3 is 0 Å². The molecule has 1 unspecified atom stereocenters. The molecular formula is C17H20N2O3S2. The van der Waals surface area contributed by atoms with Crippen molar-refractivity contribution in [3.8, 4) is 0 Å². The molecule has 2 heterocycles. The predicted octanol–water partition coefficient (Wildman–Crippen LogP) is 2.54. The summed E-state index contributed by atoms with van der Waals surface area (Å²) >= 11 is 1.45. The fraction of sp³-hybridized carbons (Fsp3) is 0.412. The van der Waals surface area contributed by atoms with Crippen LogP contribution in [0.2, 0.25) is 0 Å². The lowest BCUT2D eigenvalue weighted by molar-refractivity contribution is 0.520. The molecule has 1 aromatic heterocycles. The van der Waals surface area contributed by atoms with Gasteiger partial charge in [-0.15, -0.1) is 0 Å². The molecule has 0 bridgehead atoms. The third kappa shape index (κ3) is 3.02. The van der Waals surface area contributed by atoms with E-state index in [-0.39, 0.29) is 17.4 Å². The largest absolute Gasteiger partial charge is 0.282 e. The minimum Gasteiger partial charge on any atom is -0.282 e. The van der Waals surface area contributed by atoms with Gasteiger partial charge in [-0.25, -0.2) is 13.4 Å². The Morgan fingerprint density at radius 3 is 2.54 bits per heavy atom. The molecule has 5 nitrogen and oxygen atoms in total. The fourth-order valence-corrected chi connectivity index (χ4v) is 5.79. The van der Waals surface area contributed by atoms with Crippen molar-refractivity contribution in [1.29, 1.82) is 0 Å². The molecule has 128 valence electrons. The van der Waals surface area contributed by atoms with Crippen molar-refractivity contribution in [2.24, 2.45) is 0 Å². The van der Waals surface area contributed by atoms with Gasteiger partial charge in [0.25, 0.3) is 5.56 Å². The SMILES string of the molecule is CCc1c(C)nc2n(c1=O)C(CS(=O)(=O)c1ccc(C)cc1)CS2. The highest BCUT2D eigenvalue weighted by atomic mass is 32.2. The number of sulfone groups is 1. The Kier molecular flexibility index (Phi) is 4.57. The highest BCUT2D eigenvalue weighted by Gasteiger charge is 2.31. The number of hydrogen-bond acceptors (Lipinski definition) is 5. The molecular weight excluding hydrogens is 344 g/mol. The lowest BCUT2D eigenvalue weighted by atomic mass is 10.2. The van der Waals surface area contributed by atoms with E-state index in [0.717, 1.165) is 11.3 Å². The Labute approximate surface area is 146 Å².